The van der Waals surface area contributed by atoms with E-state index in [9.17, 15) is 25.5 Å². The van der Waals surface area contributed by atoms with Crippen molar-refractivity contribution >= 4 is 0 Å². The summed E-state index contributed by atoms with van der Waals surface area (Å²) in [5.74, 6) is 1.94. The molecule has 0 spiro atoms. The van der Waals surface area contributed by atoms with Crippen molar-refractivity contribution in [1.29, 1.82) is 0 Å². The van der Waals surface area contributed by atoms with Gasteiger partial charge in [0.1, 0.15) is 0 Å². The Morgan fingerprint density at radius 2 is 1.62 bits per heavy atom. The average Bonchev–Trinajstić information content (AvgIpc) is 3.06. The van der Waals surface area contributed by atoms with Gasteiger partial charge in [-0.3, -0.25) is 0 Å². The van der Waals surface area contributed by atoms with Gasteiger partial charge in [0, 0.05) is 0 Å². The highest BCUT2D eigenvalue weighted by Crippen LogP contribution is 2.68. The van der Waals surface area contributed by atoms with Gasteiger partial charge in [-0.25, -0.2) is 0 Å². The van der Waals surface area contributed by atoms with Gasteiger partial charge in [0.15, 0.2) is 0 Å². The molecule has 5 N–H and O–H groups in total. The second-order valence-corrected chi connectivity index (χ2v) is 13.2. The van der Waals surface area contributed by atoms with Crippen molar-refractivity contribution < 1.29 is 25.5 Å². The van der Waals surface area contributed by atoms with E-state index >= 15 is 0 Å². The summed E-state index contributed by atoms with van der Waals surface area (Å²) in [5, 5.41) is 53.7. The summed E-state index contributed by atoms with van der Waals surface area (Å²) in [6.07, 6.45) is 5.98. The Kier molecular flexibility index (Phi) is 6.60. The number of rotatable bonds is 5. The normalized spacial score (nSPS) is 50.8. The van der Waals surface area contributed by atoms with Crippen LogP contribution in [0, 0.1) is 46.3 Å². The summed E-state index contributed by atoms with van der Waals surface area (Å²) in [4.78, 5) is 0. The molecule has 4 saturated carbocycles. The Hall–Kier alpha value is -0.200. The number of aliphatic hydroxyl groups is 5. The summed E-state index contributed by atoms with van der Waals surface area (Å²) >= 11 is 0. The van der Waals surface area contributed by atoms with E-state index in [0.717, 1.165) is 51.4 Å². The maximum Gasteiger partial charge on any atom is 0.0849 e. The van der Waals surface area contributed by atoms with Gasteiger partial charge in [0.05, 0.1) is 30.0 Å². The molecule has 32 heavy (non-hydrogen) atoms. The standard InChI is InChI=1S/C27H48O5/c1-15(6-9-22(30)25(2,3)32)18-7-8-19-24-20(14-23(31)27(18,19)5)26(4)11-10-17(28)12-16(26)13-21(24)29/h15-24,28-32H,6-14H2,1-5H3/t15-,16+,17-,18-,19+,20+,21-,22+,23+,24+,26+,27-/m1/s1. The first-order valence-electron chi connectivity index (χ1n) is 13.2. The first kappa shape index (κ1) is 24.9. The molecule has 0 aromatic carbocycles. The van der Waals surface area contributed by atoms with E-state index in [1.165, 1.54) is 0 Å². The maximum atomic E-state index is 11.6. The van der Waals surface area contributed by atoms with Crippen LogP contribution >= 0.6 is 0 Å². The highest BCUT2D eigenvalue weighted by Gasteiger charge is 2.65. The van der Waals surface area contributed by atoms with Crippen molar-refractivity contribution in [3.8, 4) is 0 Å². The minimum Gasteiger partial charge on any atom is -0.393 e. The predicted octanol–water partition coefficient (Wildman–Crippen LogP) is 3.50. The first-order valence-corrected chi connectivity index (χ1v) is 13.2. The van der Waals surface area contributed by atoms with Crippen LogP contribution in [0.5, 0.6) is 0 Å². The van der Waals surface area contributed by atoms with Crippen LogP contribution in [-0.4, -0.2) is 55.5 Å². The highest BCUT2D eigenvalue weighted by molar-refractivity contribution is 5.14. The molecule has 0 heterocycles. The SMILES string of the molecule is C[C@H](CC[C@H](O)C(C)(C)O)[C@H]1CC[C@H]2[C@@H]3[C@H](O)C[C@@H]4C[C@H](O)CC[C@]4(C)[C@H]3C[C@H](O)[C@]12C. The van der Waals surface area contributed by atoms with Crippen LogP contribution in [0.4, 0.5) is 0 Å². The number of aliphatic hydroxyl groups excluding tert-OH is 4. The van der Waals surface area contributed by atoms with Crippen LogP contribution in [0.25, 0.3) is 0 Å². The van der Waals surface area contributed by atoms with Crippen molar-refractivity contribution in [2.45, 2.75) is 122 Å². The topological polar surface area (TPSA) is 101 Å². The van der Waals surface area contributed by atoms with Gasteiger partial charge in [-0.1, -0.05) is 20.8 Å². The van der Waals surface area contributed by atoms with Gasteiger partial charge in [-0.05, 0) is 118 Å². The monoisotopic (exact) mass is 452 g/mol. The van der Waals surface area contributed by atoms with E-state index in [2.05, 4.69) is 20.8 Å². The molecule has 4 fully saturated rings. The van der Waals surface area contributed by atoms with Crippen LogP contribution in [0.15, 0.2) is 0 Å². The lowest BCUT2D eigenvalue weighted by Crippen LogP contribution is -2.62. The molecule has 4 aliphatic rings. The molecule has 0 saturated heterocycles. The summed E-state index contributed by atoms with van der Waals surface area (Å²) in [6, 6.07) is 0. The molecule has 0 aromatic rings. The minimum absolute atomic E-state index is 0.103. The number of hydrogen-bond donors (Lipinski definition) is 5. The van der Waals surface area contributed by atoms with Gasteiger partial charge < -0.3 is 25.5 Å². The third-order valence-electron chi connectivity index (χ3n) is 11.2. The zero-order valence-electron chi connectivity index (χ0n) is 20.9. The highest BCUT2D eigenvalue weighted by atomic mass is 16.3. The van der Waals surface area contributed by atoms with E-state index in [1.807, 2.05) is 0 Å². The zero-order chi connectivity index (χ0) is 23.6. The Bertz CT molecular complexity index is 675. The maximum absolute atomic E-state index is 11.6. The first-order chi connectivity index (χ1) is 14.8. The van der Waals surface area contributed by atoms with Crippen LogP contribution < -0.4 is 0 Å². The van der Waals surface area contributed by atoms with E-state index in [1.54, 1.807) is 13.8 Å². The third kappa shape index (κ3) is 3.88. The van der Waals surface area contributed by atoms with Crippen LogP contribution in [0.2, 0.25) is 0 Å². The Morgan fingerprint density at radius 3 is 2.28 bits per heavy atom. The molecular formula is C27H48O5. The number of fused-ring (bicyclic) bond motifs is 5. The molecule has 4 aliphatic carbocycles. The fourth-order valence-corrected chi connectivity index (χ4v) is 9.11. The minimum atomic E-state index is -1.09. The molecule has 0 aromatic heterocycles. The van der Waals surface area contributed by atoms with Crippen LogP contribution in [0.1, 0.15) is 92.4 Å². The van der Waals surface area contributed by atoms with Gasteiger partial charge in [0.25, 0.3) is 0 Å². The quantitative estimate of drug-likeness (QED) is 0.440. The lowest BCUT2D eigenvalue weighted by molar-refractivity contribution is -0.207. The second kappa shape index (κ2) is 8.48. The van der Waals surface area contributed by atoms with Gasteiger partial charge in [0.2, 0.25) is 0 Å². The summed E-state index contributed by atoms with van der Waals surface area (Å²) in [6.45, 7) is 10.2. The Labute approximate surface area is 194 Å². The fourth-order valence-electron chi connectivity index (χ4n) is 9.11. The van der Waals surface area contributed by atoms with E-state index in [-0.39, 0.29) is 35.1 Å². The molecule has 5 heteroatoms. The van der Waals surface area contributed by atoms with Crippen molar-refractivity contribution in [3.05, 3.63) is 0 Å². The summed E-state index contributed by atoms with van der Waals surface area (Å²) in [7, 11) is 0. The van der Waals surface area contributed by atoms with Crippen molar-refractivity contribution in [1.82, 2.24) is 0 Å². The number of hydrogen-bond acceptors (Lipinski definition) is 5. The predicted molar refractivity (Wildman–Crippen MR) is 125 cm³/mol. The lowest BCUT2D eigenvalue weighted by atomic mass is 9.43. The Balaban J connectivity index is 1.54. The smallest absolute Gasteiger partial charge is 0.0849 e. The van der Waals surface area contributed by atoms with E-state index in [0.29, 0.717) is 36.0 Å². The van der Waals surface area contributed by atoms with Crippen LogP contribution in [-0.2, 0) is 0 Å². The second-order valence-electron chi connectivity index (χ2n) is 13.2. The van der Waals surface area contributed by atoms with E-state index in [4.69, 9.17) is 0 Å². The van der Waals surface area contributed by atoms with Crippen molar-refractivity contribution in [2.75, 3.05) is 0 Å². The molecule has 5 nitrogen and oxygen atoms in total. The van der Waals surface area contributed by atoms with E-state index < -0.39 is 11.7 Å². The average molecular weight is 453 g/mol. The largest absolute Gasteiger partial charge is 0.393 e. The molecule has 4 rings (SSSR count). The Morgan fingerprint density at radius 1 is 0.938 bits per heavy atom. The molecular weight excluding hydrogens is 404 g/mol. The third-order valence-corrected chi connectivity index (χ3v) is 11.2. The summed E-state index contributed by atoms with van der Waals surface area (Å²) < 4.78 is 0. The molecule has 0 radical (unpaired) electrons. The molecule has 0 aliphatic heterocycles. The van der Waals surface area contributed by atoms with Crippen molar-refractivity contribution in [2.24, 2.45) is 46.3 Å². The zero-order valence-corrected chi connectivity index (χ0v) is 20.9. The van der Waals surface area contributed by atoms with Crippen molar-refractivity contribution in [3.63, 3.8) is 0 Å². The van der Waals surface area contributed by atoms with Gasteiger partial charge in [-0.15, -0.1) is 0 Å². The van der Waals surface area contributed by atoms with Gasteiger partial charge in [-0.2, -0.15) is 0 Å². The fraction of sp³-hybridized carbons (Fsp3) is 1.00. The molecule has 0 unspecified atom stereocenters. The summed E-state index contributed by atoms with van der Waals surface area (Å²) in [5.41, 5.74) is -1.20. The molecule has 186 valence electrons. The van der Waals surface area contributed by atoms with Crippen LogP contribution in [0.3, 0.4) is 0 Å². The molecule has 0 amide bonds. The molecule has 12 atom stereocenters. The lowest BCUT2D eigenvalue weighted by Gasteiger charge is -2.63. The van der Waals surface area contributed by atoms with Gasteiger partial charge >= 0.3 is 0 Å². The molecule has 0 bridgehead atoms.